The summed E-state index contributed by atoms with van der Waals surface area (Å²) in [6.07, 6.45) is 1.97. The zero-order chi connectivity index (χ0) is 15.2. The Balaban J connectivity index is 1.87. The van der Waals surface area contributed by atoms with Crippen LogP contribution in [-0.2, 0) is 11.3 Å². The van der Waals surface area contributed by atoms with E-state index in [1.807, 2.05) is 44.3 Å². The number of aliphatic hydroxyl groups excluding tert-OH is 1. The third-order valence-corrected chi connectivity index (χ3v) is 4.45. The average molecular weight is 290 g/mol. The molecule has 1 aliphatic rings. The number of hydrogen-bond donors (Lipinski definition) is 1. The van der Waals surface area contributed by atoms with Gasteiger partial charge in [0.25, 0.3) is 0 Å². The van der Waals surface area contributed by atoms with Crippen LogP contribution in [0.2, 0.25) is 0 Å². The Hall–Kier alpha value is -1.39. The molecule has 21 heavy (non-hydrogen) atoms. The van der Waals surface area contributed by atoms with Crippen LogP contribution in [0.3, 0.4) is 0 Å². The molecule has 1 aromatic carbocycles. The molecule has 4 nitrogen and oxygen atoms in total. The minimum atomic E-state index is -0.0849. The second kappa shape index (κ2) is 7.57. The fourth-order valence-electron chi connectivity index (χ4n) is 2.93. The maximum Gasteiger partial charge on any atom is 0.239 e. The highest BCUT2D eigenvalue weighted by atomic mass is 16.3. The molecule has 0 radical (unpaired) electrons. The molecule has 0 bridgehead atoms. The summed E-state index contributed by atoms with van der Waals surface area (Å²) in [5.74, 6) is 0.576. The molecule has 1 fully saturated rings. The van der Waals surface area contributed by atoms with Gasteiger partial charge in [-0.15, -0.1) is 0 Å². The molecular formula is C17H26N2O2. The van der Waals surface area contributed by atoms with Gasteiger partial charge in [0.2, 0.25) is 5.91 Å². The van der Waals surface area contributed by atoms with Crippen LogP contribution < -0.4 is 0 Å². The molecule has 1 unspecified atom stereocenters. The molecule has 1 N–H and O–H groups in total. The number of benzene rings is 1. The zero-order valence-electron chi connectivity index (χ0n) is 13.0. The molecule has 0 spiro atoms. The minimum Gasteiger partial charge on any atom is -0.396 e. The highest BCUT2D eigenvalue weighted by Crippen LogP contribution is 2.19. The first kappa shape index (κ1) is 16.0. The highest BCUT2D eigenvalue weighted by molar-refractivity contribution is 5.81. The monoisotopic (exact) mass is 290 g/mol. The number of piperidine rings is 1. The first-order chi connectivity index (χ1) is 10.1. The third kappa shape index (κ3) is 4.29. The van der Waals surface area contributed by atoms with Crippen LogP contribution in [0.1, 0.15) is 25.3 Å². The summed E-state index contributed by atoms with van der Waals surface area (Å²) in [6.45, 7) is 4.71. The topological polar surface area (TPSA) is 43.8 Å². The maximum atomic E-state index is 12.5. The number of likely N-dealkylation sites (tertiary alicyclic amines) is 1. The van der Waals surface area contributed by atoms with Gasteiger partial charge in [0, 0.05) is 20.2 Å². The van der Waals surface area contributed by atoms with Crippen molar-refractivity contribution in [3.8, 4) is 0 Å². The van der Waals surface area contributed by atoms with Gasteiger partial charge in [0.15, 0.2) is 0 Å². The van der Waals surface area contributed by atoms with Crippen molar-refractivity contribution in [2.24, 2.45) is 5.92 Å². The van der Waals surface area contributed by atoms with E-state index in [9.17, 15) is 9.90 Å². The second-order valence-electron chi connectivity index (χ2n) is 6.02. The van der Waals surface area contributed by atoms with E-state index in [2.05, 4.69) is 4.90 Å². The van der Waals surface area contributed by atoms with E-state index in [-0.39, 0.29) is 18.6 Å². The predicted molar refractivity (Wildman–Crippen MR) is 83.8 cm³/mol. The van der Waals surface area contributed by atoms with Crippen molar-refractivity contribution in [2.75, 3.05) is 26.7 Å². The first-order valence-corrected chi connectivity index (χ1v) is 7.75. The SMILES string of the molecule is CC(C(=O)N(C)Cc1ccccc1)N1CCC(CO)CC1. The predicted octanol–water partition coefficient (Wildman–Crippen LogP) is 1.74. The van der Waals surface area contributed by atoms with Gasteiger partial charge in [0.05, 0.1) is 6.04 Å². The summed E-state index contributed by atoms with van der Waals surface area (Å²) < 4.78 is 0. The van der Waals surface area contributed by atoms with Crippen LogP contribution >= 0.6 is 0 Å². The lowest BCUT2D eigenvalue weighted by Crippen LogP contribution is -2.48. The molecule has 1 aliphatic heterocycles. The van der Waals surface area contributed by atoms with Crippen molar-refractivity contribution in [1.29, 1.82) is 0 Å². The van der Waals surface area contributed by atoms with Crippen molar-refractivity contribution in [2.45, 2.75) is 32.4 Å². The quantitative estimate of drug-likeness (QED) is 0.898. The lowest BCUT2D eigenvalue weighted by atomic mass is 9.96. The molecule has 0 aromatic heterocycles. The van der Waals surface area contributed by atoms with Crippen LogP contribution in [-0.4, -0.2) is 53.6 Å². The van der Waals surface area contributed by atoms with Crippen LogP contribution in [0.25, 0.3) is 0 Å². The molecular weight excluding hydrogens is 264 g/mol. The third-order valence-electron chi connectivity index (χ3n) is 4.45. The number of aliphatic hydroxyl groups is 1. The molecule has 1 heterocycles. The number of carbonyl (C=O) groups is 1. The Morgan fingerprint density at radius 2 is 1.95 bits per heavy atom. The van der Waals surface area contributed by atoms with E-state index in [1.165, 1.54) is 0 Å². The molecule has 0 saturated carbocycles. The molecule has 2 rings (SSSR count). The van der Waals surface area contributed by atoms with Gasteiger partial charge in [-0.1, -0.05) is 30.3 Å². The smallest absolute Gasteiger partial charge is 0.239 e. The Morgan fingerprint density at radius 3 is 2.52 bits per heavy atom. The number of rotatable bonds is 5. The lowest BCUT2D eigenvalue weighted by Gasteiger charge is -2.36. The molecule has 1 aromatic rings. The molecule has 1 atom stereocenters. The Morgan fingerprint density at radius 1 is 1.33 bits per heavy atom. The maximum absolute atomic E-state index is 12.5. The largest absolute Gasteiger partial charge is 0.396 e. The number of hydrogen-bond acceptors (Lipinski definition) is 3. The van der Waals surface area contributed by atoms with Crippen LogP contribution in [0.4, 0.5) is 0 Å². The number of likely N-dealkylation sites (N-methyl/N-ethyl adjacent to an activating group) is 1. The summed E-state index contributed by atoms with van der Waals surface area (Å²) in [7, 11) is 1.87. The zero-order valence-corrected chi connectivity index (χ0v) is 13.0. The van der Waals surface area contributed by atoms with E-state index in [4.69, 9.17) is 0 Å². The van der Waals surface area contributed by atoms with Crippen molar-refractivity contribution in [1.82, 2.24) is 9.80 Å². The van der Waals surface area contributed by atoms with E-state index >= 15 is 0 Å². The Bertz CT molecular complexity index is 441. The average Bonchev–Trinajstić information content (AvgIpc) is 2.54. The molecule has 0 aliphatic carbocycles. The van der Waals surface area contributed by atoms with E-state index in [1.54, 1.807) is 4.90 Å². The van der Waals surface area contributed by atoms with Gasteiger partial charge in [-0.25, -0.2) is 0 Å². The highest BCUT2D eigenvalue weighted by Gasteiger charge is 2.27. The Kier molecular flexibility index (Phi) is 5.76. The van der Waals surface area contributed by atoms with E-state index in [0.29, 0.717) is 12.5 Å². The van der Waals surface area contributed by atoms with Crippen molar-refractivity contribution < 1.29 is 9.90 Å². The lowest BCUT2D eigenvalue weighted by molar-refractivity contribution is -0.136. The van der Waals surface area contributed by atoms with Gasteiger partial charge in [0.1, 0.15) is 0 Å². The Labute approximate surface area is 127 Å². The summed E-state index contributed by atoms with van der Waals surface area (Å²) in [4.78, 5) is 16.6. The number of amides is 1. The summed E-state index contributed by atoms with van der Waals surface area (Å²) in [6, 6.07) is 9.98. The van der Waals surface area contributed by atoms with Crippen molar-refractivity contribution in [3.05, 3.63) is 35.9 Å². The van der Waals surface area contributed by atoms with Crippen LogP contribution in [0.15, 0.2) is 30.3 Å². The standard InChI is InChI=1S/C17H26N2O2/c1-14(19-10-8-16(13-20)9-11-19)17(21)18(2)12-15-6-4-3-5-7-15/h3-7,14,16,20H,8-13H2,1-2H3. The van der Waals surface area contributed by atoms with E-state index < -0.39 is 0 Å². The molecule has 1 saturated heterocycles. The van der Waals surface area contributed by atoms with Crippen LogP contribution in [0, 0.1) is 5.92 Å². The fraction of sp³-hybridized carbons (Fsp3) is 0.588. The van der Waals surface area contributed by atoms with Crippen LogP contribution in [0.5, 0.6) is 0 Å². The number of carbonyl (C=O) groups excluding carboxylic acids is 1. The summed E-state index contributed by atoms with van der Waals surface area (Å²) in [5, 5.41) is 9.18. The van der Waals surface area contributed by atoms with Crippen molar-refractivity contribution >= 4 is 5.91 Å². The molecule has 1 amide bonds. The second-order valence-corrected chi connectivity index (χ2v) is 6.02. The summed E-state index contributed by atoms with van der Waals surface area (Å²) in [5.41, 5.74) is 1.15. The number of nitrogens with zero attached hydrogens (tertiary/aromatic N) is 2. The van der Waals surface area contributed by atoms with Gasteiger partial charge in [-0.05, 0) is 44.3 Å². The van der Waals surface area contributed by atoms with Crippen molar-refractivity contribution in [3.63, 3.8) is 0 Å². The summed E-state index contributed by atoms with van der Waals surface area (Å²) >= 11 is 0. The molecule has 116 valence electrons. The molecule has 4 heteroatoms. The normalized spacial score (nSPS) is 18.4. The first-order valence-electron chi connectivity index (χ1n) is 7.75. The van der Waals surface area contributed by atoms with Gasteiger partial charge >= 0.3 is 0 Å². The van der Waals surface area contributed by atoms with E-state index in [0.717, 1.165) is 31.5 Å². The fourth-order valence-corrected chi connectivity index (χ4v) is 2.93. The minimum absolute atomic E-state index is 0.0849. The van der Waals surface area contributed by atoms with Gasteiger partial charge in [-0.3, -0.25) is 9.69 Å². The van der Waals surface area contributed by atoms with Gasteiger partial charge < -0.3 is 10.0 Å². The van der Waals surface area contributed by atoms with Gasteiger partial charge in [-0.2, -0.15) is 0 Å².